The lowest BCUT2D eigenvalue weighted by Gasteiger charge is -2.37. The number of carbonyl (C=O) groups is 5. The first-order valence-corrected chi connectivity index (χ1v) is 24.5. The number of aromatic nitrogens is 2. The predicted molar refractivity (Wildman–Crippen MR) is 254 cm³/mol. The van der Waals surface area contributed by atoms with Gasteiger partial charge >= 0.3 is 12.1 Å². The molecule has 4 aromatic rings. The number of aryl methyl sites for hydroxylation is 1. The van der Waals surface area contributed by atoms with Crippen molar-refractivity contribution in [3.8, 4) is 22.5 Å². The van der Waals surface area contributed by atoms with Crippen molar-refractivity contribution in [2.45, 2.75) is 111 Å². The van der Waals surface area contributed by atoms with Gasteiger partial charge in [-0.2, -0.15) is 0 Å². The number of hydrogen-bond acceptors (Lipinski definition) is 12. The van der Waals surface area contributed by atoms with Crippen LogP contribution in [-0.2, 0) is 57.5 Å². The van der Waals surface area contributed by atoms with Gasteiger partial charge in [0.1, 0.15) is 18.1 Å². The minimum Gasteiger partial charge on any atom is -0.464 e. The number of cyclic esters (lactones) is 1. The molecule has 6 heterocycles. The Morgan fingerprint density at radius 3 is 2.57 bits per heavy atom. The molecule has 0 saturated carbocycles. The number of carbonyl (C=O) groups excluding carboxylic acids is 5. The molecule has 3 fully saturated rings. The van der Waals surface area contributed by atoms with Crippen LogP contribution in [0.25, 0.3) is 33.4 Å². The van der Waals surface area contributed by atoms with E-state index in [-0.39, 0.29) is 43.6 Å². The number of likely N-dealkylation sites (tertiary alicyclic amines) is 1. The van der Waals surface area contributed by atoms with Crippen LogP contribution in [0.15, 0.2) is 47.8 Å². The van der Waals surface area contributed by atoms with E-state index in [1.165, 1.54) is 26.1 Å². The summed E-state index contributed by atoms with van der Waals surface area (Å²) >= 11 is 1.41. The van der Waals surface area contributed by atoms with Crippen LogP contribution in [0.3, 0.4) is 0 Å². The van der Waals surface area contributed by atoms with Crippen molar-refractivity contribution in [2.75, 3.05) is 53.6 Å². The minimum atomic E-state index is -1.09. The fourth-order valence-electron chi connectivity index (χ4n) is 9.94. The van der Waals surface area contributed by atoms with E-state index < -0.39 is 53.3 Å². The second-order valence-electron chi connectivity index (χ2n) is 19.5. The van der Waals surface area contributed by atoms with Crippen LogP contribution < -0.4 is 10.7 Å². The third-order valence-electron chi connectivity index (χ3n) is 13.7. The molecular weight excluding hydrogens is 875 g/mol. The summed E-state index contributed by atoms with van der Waals surface area (Å²) in [5.74, 6) is -2.49. The van der Waals surface area contributed by atoms with Crippen molar-refractivity contribution in [1.82, 2.24) is 35.1 Å². The zero-order valence-electron chi connectivity index (χ0n) is 40.0. The number of thiazole rings is 1. The van der Waals surface area contributed by atoms with Gasteiger partial charge in [0.05, 0.1) is 48.2 Å². The van der Waals surface area contributed by atoms with Gasteiger partial charge in [-0.15, -0.1) is 11.3 Å². The van der Waals surface area contributed by atoms with Gasteiger partial charge in [-0.3, -0.25) is 24.2 Å². The van der Waals surface area contributed by atoms with Crippen molar-refractivity contribution in [1.29, 1.82) is 0 Å². The maximum Gasteiger partial charge on any atom is 0.410 e. The molecule has 2 N–H and O–H groups in total. The number of ether oxygens (including phenoxy) is 4. The Morgan fingerprint density at radius 1 is 1.07 bits per heavy atom. The molecule has 2 aromatic heterocycles. The molecule has 4 aliphatic rings. The van der Waals surface area contributed by atoms with Crippen LogP contribution in [0.4, 0.5) is 4.79 Å². The van der Waals surface area contributed by atoms with E-state index in [0.29, 0.717) is 57.0 Å². The minimum absolute atomic E-state index is 0.0727. The molecule has 360 valence electrons. The number of rotatable bonds is 10. The zero-order chi connectivity index (χ0) is 47.7. The van der Waals surface area contributed by atoms with Crippen molar-refractivity contribution in [2.24, 2.45) is 17.3 Å². The van der Waals surface area contributed by atoms with Gasteiger partial charge in [-0.25, -0.2) is 15.2 Å². The molecule has 17 heteroatoms. The molecular formula is C50H65N7O9S. The van der Waals surface area contributed by atoms with Crippen LogP contribution in [0, 0.1) is 17.3 Å². The topological polar surface area (TPSA) is 174 Å². The SMILES string of the molecule is CCn1c(-c2ccccc2[C@H](C)OC)c2c3cc(ccc31)-c1csc(n1)C[C@H](NC(=O)[C@H](C(C)C)N(C)C(=O)[C@H]1CCN(C(=O)OC3COC3)C1)C(=O)N1CCC[C@H](N1)C(=O)OCC(C)(C)C2. The highest BCUT2D eigenvalue weighted by Gasteiger charge is 2.41. The second kappa shape index (κ2) is 20.1. The molecule has 0 aliphatic carbocycles. The summed E-state index contributed by atoms with van der Waals surface area (Å²) in [6.45, 7) is 14.6. The normalized spacial score (nSPS) is 22.2. The summed E-state index contributed by atoms with van der Waals surface area (Å²) in [5.41, 5.74) is 9.77. The summed E-state index contributed by atoms with van der Waals surface area (Å²) in [7, 11) is 3.32. The van der Waals surface area contributed by atoms with Gasteiger partial charge in [-0.1, -0.05) is 58.0 Å². The van der Waals surface area contributed by atoms with Crippen molar-refractivity contribution in [3.05, 3.63) is 64.0 Å². The molecule has 4 amide bonds. The third kappa shape index (κ3) is 10.1. The quantitative estimate of drug-likeness (QED) is 0.175. The van der Waals surface area contributed by atoms with Crippen molar-refractivity contribution in [3.63, 3.8) is 0 Å². The Labute approximate surface area is 396 Å². The predicted octanol–water partition coefficient (Wildman–Crippen LogP) is 6.15. The van der Waals surface area contributed by atoms with Crippen LogP contribution in [0.1, 0.15) is 83.0 Å². The number of likely N-dealkylation sites (N-methyl/N-ethyl adjacent to an activating group) is 1. The summed E-state index contributed by atoms with van der Waals surface area (Å²) in [6, 6.07) is 12.0. The number of amides is 4. The Kier molecular flexibility index (Phi) is 14.4. The molecule has 0 spiro atoms. The molecule has 8 rings (SSSR count). The highest BCUT2D eigenvalue weighted by molar-refractivity contribution is 7.10. The van der Waals surface area contributed by atoms with Gasteiger partial charge in [0.2, 0.25) is 11.8 Å². The number of hydrogen-bond donors (Lipinski definition) is 2. The summed E-state index contributed by atoms with van der Waals surface area (Å²) < 4.78 is 24.9. The average Bonchev–Trinajstić information content (AvgIpc) is 4.06. The number of methoxy groups -OCH3 is 1. The molecule has 0 unspecified atom stereocenters. The Balaban J connectivity index is 1.12. The van der Waals surface area contributed by atoms with Gasteiger partial charge in [0, 0.05) is 79.6 Å². The molecule has 16 nitrogen and oxygen atoms in total. The van der Waals surface area contributed by atoms with E-state index in [4.69, 9.17) is 23.9 Å². The molecule has 0 radical (unpaired) electrons. The molecule has 4 aliphatic heterocycles. The second-order valence-corrected chi connectivity index (χ2v) is 20.5. The molecule has 2 aromatic carbocycles. The maximum absolute atomic E-state index is 14.7. The van der Waals surface area contributed by atoms with E-state index in [0.717, 1.165) is 51.1 Å². The lowest BCUT2D eigenvalue weighted by Crippen LogP contribution is -2.62. The number of hydrazine groups is 1. The Hall–Kier alpha value is -5.36. The van der Waals surface area contributed by atoms with E-state index in [1.807, 2.05) is 25.3 Å². The van der Waals surface area contributed by atoms with E-state index >= 15 is 0 Å². The maximum atomic E-state index is 14.7. The van der Waals surface area contributed by atoms with Crippen molar-refractivity contribution >= 4 is 52.0 Å². The largest absolute Gasteiger partial charge is 0.464 e. The van der Waals surface area contributed by atoms with Crippen molar-refractivity contribution < 1.29 is 42.9 Å². The summed E-state index contributed by atoms with van der Waals surface area (Å²) in [6.07, 6.45) is 1.21. The van der Waals surface area contributed by atoms with Crippen LogP contribution in [-0.4, -0.2) is 132 Å². The third-order valence-corrected chi connectivity index (χ3v) is 14.5. The molecule has 5 atom stereocenters. The first kappa shape index (κ1) is 48.1. The Bertz CT molecular complexity index is 2500. The fraction of sp³-hybridized carbons (Fsp3) is 0.560. The van der Waals surface area contributed by atoms with Gasteiger partial charge < -0.3 is 38.6 Å². The monoisotopic (exact) mass is 939 g/mol. The lowest BCUT2D eigenvalue weighted by molar-refractivity contribution is -0.155. The number of nitrogens with zero attached hydrogens (tertiary/aromatic N) is 5. The van der Waals surface area contributed by atoms with E-state index in [2.05, 4.69) is 79.4 Å². The highest BCUT2D eigenvalue weighted by Crippen LogP contribution is 2.42. The summed E-state index contributed by atoms with van der Waals surface area (Å²) in [5, 5.41) is 8.14. The zero-order valence-corrected chi connectivity index (χ0v) is 40.8. The molecule has 6 bridgehead atoms. The number of esters is 1. The lowest BCUT2D eigenvalue weighted by atomic mass is 9.83. The van der Waals surface area contributed by atoms with Gasteiger partial charge in [-0.05, 0) is 68.7 Å². The van der Waals surface area contributed by atoms with Crippen LogP contribution >= 0.6 is 11.3 Å². The first-order chi connectivity index (χ1) is 32.1. The average molecular weight is 940 g/mol. The first-order valence-electron chi connectivity index (χ1n) is 23.6. The van der Waals surface area contributed by atoms with E-state index in [1.54, 1.807) is 14.2 Å². The standard InChI is InChI=1S/C50H65N7O9S/c1-9-56-41-17-16-31-21-36(41)37(44(56)35-14-11-10-13-34(35)30(4)63-8)23-50(5,6)28-65-48(61)38-15-12-19-57(53-38)47(60)39(22-42-51-40(31)27-67-42)52-45(58)43(29(2)3)54(7)46(59)32-18-20-55(24-32)49(62)66-33-25-64-26-33/h10-11,13-14,16-17,21,27,29-30,32-33,38-39,43,53H,9,12,15,18-20,22-26,28H2,1-8H3,(H,52,58)/t30-,32-,38-,39-,43-/m0/s1. The molecule has 3 saturated heterocycles. The molecule has 67 heavy (non-hydrogen) atoms. The van der Waals surface area contributed by atoms with Crippen LogP contribution in [0.5, 0.6) is 0 Å². The number of nitrogens with one attached hydrogen (secondary N) is 2. The number of benzene rings is 2. The number of fused-ring (bicyclic) bond motifs is 6. The van der Waals surface area contributed by atoms with Gasteiger partial charge in [0.25, 0.3) is 5.91 Å². The van der Waals surface area contributed by atoms with Gasteiger partial charge in [0.15, 0.2) is 6.10 Å². The van der Waals surface area contributed by atoms with E-state index in [9.17, 15) is 24.0 Å². The fourth-order valence-corrected chi connectivity index (χ4v) is 10.8. The smallest absolute Gasteiger partial charge is 0.410 e. The highest BCUT2D eigenvalue weighted by atomic mass is 32.1. The summed E-state index contributed by atoms with van der Waals surface area (Å²) in [4.78, 5) is 77.9. The Morgan fingerprint density at radius 2 is 1.85 bits per heavy atom. The van der Waals surface area contributed by atoms with Crippen LogP contribution in [0.2, 0.25) is 0 Å².